The van der Waals surface area contributed by atoms with Crippen LogP contribution in [-0.4, -0.2) is 44.4 Å². The minimum Gasteiger partial charge on any atom is -0.493 e. The number of nitrogens with zero attached hydrogens (tertiary/aromatic N) is 2. The van der Waals surface area contributed by atoms with E-state index in [4.69, 9.17) is 15.9 Å². The highest BCUT2D eigenvalue weighted by Gasteiger charge is 2.08. The van der Waals surface area contributed by atoms with E-state index in [1.165, 1.54) is 0 Å². The van der Waals surface area contributed by atoms with Crippen molar-refractivity contribution in [2.45, 2.75) is 26.3 Å². The lowest BCUT2D eigenvalue weighted by molar-refractivity contribution is -0.121. The topological polar surface area (TPSA) is 63.2 Å². The third kappa shape index (κ3) is 7.17. The Morgan fingerprint density at radius 2 is 1.83 bits per heavy atom. The largest absolute Gasteiger partial charge is 0.493 e. The summed E-state index contributed by atoms with van der Waals surface area (Å²) < 4.78 is 10.8. The normalized spacial score (nSPS) is 10.8. The van der Waals surface area contributed by atoms with Crippen LogP contribution in [-0.2, 0) is 17.8 Å². The summed E-state index contributed by atoms with van der Waals surface area (Å²) in [5, 5.41) is 9.13. The smallest absolute Gasteiger partial charge is 0.220 e. The van der Waals surface area contributed by atoms with Crippen LogP contribution in [0.15, 0.2) is 47.6 Å². The third-order valence-corrected chi connectivity index (χ3v) is 4.39. The maximum Gasteiger partial charge on any atom is 0.220 e. The molecule has 0 saturated carbocycles. The monoisotopic (exact) mass is 407 g/mol. The number of amides is 1. The molecule has 2 aromatic rings. The average Bonchev–Trinajstić information content (AvgIpc) is 2.74. The van der Waals surface area contributed by atoms with Gasteiger partial charge in [-0.1, -0.05) is 36.3 Å². The second-order valence-corrected chi connectivity index (χ2v) is 6.98. The fourth-order valence-corrected chi connectivity index (χ4v) is 2.87. The van der Waals surface area contributed by atoms with E-state index >= 15 is 0 Å². The van der Waals surface area contributed by atoms with E-state index in [0.29, 0.717) is 30.9 Å². The van der Waals surface area contributed by atoms with Gasteiger partial charge in [-0.25, -0.2) is 0 Å². The van der Waals surface area contributed by atoms with E-state index in [2.05, 4.69) is 16.3 Å². The molecule has 0 aliphatic rings. The average molecular weight is 408 g/mol. The van der Waals surface area contributed by atoms with E-state index in [9.17, 15) is 4.79 Å². The van der Waals surface area contributed by atoms with Crippen LogP contribution in [0.2, 0.25) is 0 Å². The standard InChI is InChI=1S/C24H29N3O3/c1-6-15-30-22-13-9-19(16-23(22)29-5)10-14-24(28)25-17-20-7-11-21(12-8-20)18(2)26-27(3)4/h1,7-9,11-13,16H,10,14-15,17H2,2-5H3,(H,25,28)/b26-18+. The Hall–Kier alpha value is -3.46. The number of hydrogen-bond acceptors (Lipinski definition) is 5. The van der Waals surface area contributed by atoms with Gasteiger partial charge in [0.1, 0.15) is 6.61 Å². The maximum absolute atomic E-state index is 12.2. The van der Waals surface area contributed by atoms with Gasteiger partial charge in [0.2, 0.25) is 5.91 Å². The van der Waals surface area contributed by atoms with Gasteiger partial charge in [0.25, 0.3) is 0 Å². The molecule has 6 nitrogen and oxygen atoms in total. The van der Waals surface area contributed by atoms with Crippen LogP contribution < -0.4 is 14.8 Å². The number of hydrazone groups is 1. The molecule has 158 valence electrons. The fourth-order valence-electron chi connectivity index (χ4n) is 2.87. The molecule has 30 heavy (non-hydrogen) atoms. The molecule has 6 heteroatoms. The summed E-state index contributed by atoms with van der Waals surface area (Å²) in [6, 6.07) is 13.6. The summed E-state index contributed by atoms with van der Waals surface area (Å²) in [7, 11) is 5.36. The van der Waals surface area contributed by atoms with Gasteiger partial charge in [-0.2, -0.15) is 5.10 Å². The number of aryl methyl sites for hydroxylation is 1. The van der Waals surface area contributed by atoms with Crippen LogP contribution in [0.25, 0.3) is 0 Å². The van der Waals surface area contributed by atoms with Crippen molar-refractivity contribution in [3.63, 3.8) is 0 Å². The zero-order valence-corrected chi connectivity index (χ0v) is 18.1. The molecular weight excluding hydrogens is 378 g/mol. The van der Waals surface area contributed by atoms with Gasteiger partial charge >= 0.3 is 0 Å². The van der Waals surface area contributed by atoms with Crippen molar-refractivity contribution < 1.29 is 14.3 Å². The molecule has 1 amide bonds. The molecule has 0 aromatic heterocycles. The quantitative estimate of drug-likeness (QED) is 0.373. The molecule has 0 unspecified atom stereocenters. The van der Waals surface area contributed by atoms with Gasteiger partial charge in [-0.3, -0.25) is 4.79 Å². The fraction of sp³-hybridized carbons (Fsp3) is 0.333. The zero-order valence-electron chi connectivity index (χ0n) is 18.1. The van der Waals surface area contributed by atoms with Gasteiger partial charge in [-0.05, 0) is 42.2 Å². The van der Waals surface area contributed by atoms with E-state index in [-0.39, 0.29) is 12.5 Å². The minimum absolute atomic E-state index is 0.00366. The Balaban J connectivity index is 1.84. The summed E-state index contributed by atoms with van der Waals surface area (Å²) >= 11 is 0. The van der Waals surface area contributed by atoms with Gasteiger partial charge in [0, 0.05) is 27.1 Å². The van der Waals surface area contributed by atoms with Crippen LogP contribution in [0.3, 0.4) is 0 Å². The first-order valence-electron chi connectivity index (χ1n) is 9.74. The Bertz CT molecular complexity index is 912. The summed E-state index contributed by atoms with van der Waals surface area (Å²) in [5.41, 5.74) is 4.04. The van der Waals surface area contributed by atoms with Gasteiger partial charge in [0.15, 0.2) is 11.5 Å². The highest BCUT2D eigenvalue weighted by molar-refractivity contribution is 5.98. The zero-order chi connectivity index (χ0) is 21.9. The van der Waals surface area contributed by atoms with Crippen LogP contribution in [0.1, 0.15) is 30.0 Å². The van der Waals surface area contributed by atoms with Crippen molar-refractivity contribution in [1.29, 1.82) is 0 Å². The molecule has 2 aromatic carbocycles. The lowest BCUT2D eigenvalue weighted by atomic mass is 10.1. The second-order valence-electron chi connectivity index (χ2n) is 6.98. The molecule has 2 rings (SSSR count). The summed E-state index contributed by atoms with van der Waals surface area (Å²) in [6.45, 7) is 2.64. The highest BCUT2D eigenvalue weighted by Crippen LogP contribution is 2.28. The molecule has 0 spiro atoms. The van der Waals surface area contributed by atoms with Crippen LogP contribution in [0.4, 0.5) is 0 Å². The third-order valence-electron chi connectivity index (χ3n) is 4.39. The molecule has 0 radical (unpaired) electrons. The Kier molecular flexibility index (Phi) is 8.76. The molecule has 1 N–H and O–H groups in total. The number of benzene rings is 2. The molecule has 0 aliphatic heterocycles. The van der Waals surface area contributed by atoms with E-state index < -0.39 is 0 Å². The minimum atomic E-state index is -0.00366. The Labute approximate surface area is 178 Å². The van der Waals surface area contributed by atoms with Crippen molar-refractivity contribution >= 4 is 11.6 Å². The van der Waals surface area contributed by atoms with Crippen molar-refractivity contribution in [2.75, 3.05) is 27.8 Å². The molecule has 0 aliphatic carbocycles. The number of terminal acetylenes is 1. The molecule has 0 bridgehead atoms. The first-order valence-corrected chi connectivity index (χ1v) is 9.74. The number of rotatable bonds is 10. The summed E-state index contributed by atoms with van der Waals surface area (Å²) in [4.78, 5) is 12.2. The van der Waals surface area contributed by atoms with Crippen molar-refractivity contribution in [3.8, 4) is 23.8 Å². The summed E-state index contributed by atoms with van der Waals surface area (Å²) in [6.07, 6.45) is 6.22. The van der Waals surface area contributed by atoms with E-state index in [1.807, 2.05) is 63.5 Å². The first-order chi connectivity index (χ1) is 14.4. The number of hydrogen-bond donors (Lipinski definition) is 1. The van der Waals surface area contributed by atoms with E-state index in [0.717, 1.165) is 22.4 Å². The number of ether oxygens (including phenoxy) is 2. The SMILES string of the molecule is C#CCOc1ccc(CCC(=O)NCc2ccc(/C(C)=N/N(C)C)cc2)cc1OC. The molecule has 0 atom stereocenters. The second kappa shape index (κ2) is 11.5. The number of methoxy groups -OCH3 is 1. The van der Waals surface area contributed by atoms with Crippen molar-refractivity contribution in [2.24, 2.45) is 5.10 Å². The van der Waals surface area contributed by atoms with Crippen LogP contribution in [0.5, 0.6) is 11.5 Å². The Morgan fingerprint density at radius 3 is 2.47 bits per heavy atom. The van der Waals surface area contributed by atoms with Crippen molar-refractivity contribution in [3.05, 3.63) is 59.2 Å². The number of carbonyl (C=O) groups is 1. The number of carbonyl (C=O) groups excluding carboxylic acids is 1. The first kappa shape index (κ1) is 22.8. The van der Waals surface area contributed by atoms with E-state index in [1.54, 1.807) is 12.1 Å². The lowest BCUT2D eigenvalue weighted by Crippen LogP contribution is -2.23. The van der Waals surface area contributed by atoms with Crippen LogP contribution in [0, 0.1) is 12.3 Å². The molecular formula is C24H29N3O3. The predicted molar refractivity (Wildman–Crippen MR) is 120 cm³/mol. The van der Waals surface area contributed by atoms with Crippen molar-refractivity contribution in [1.82, 2.24) is 10.3 Å². The predicted octanol–water partition coefficient (Wildman–Crippen LogP) is 3.24. The molecule has 0 heterocycles. The Morgan fingerprint density at radius 1 is 1.13 bits per heavy atom. The number of nitrogens with one attached hydrogen (secondary N) is 1. The van der Waals surface area contributed by atoms with Gasteiger partial charge in [0.05, 0.1) is 12.8 Å². The van der Waals surface area contributed by atoms with Crippen LogP contribution >= 0.6 is 0 Å². The summed E-state index contributed by atoms with van der Waals surface area (Å²) in [5.74, 6) is 3.63. The lowest BCUT2D eigenvalue weighted by Gasteiger charge is -2.11. The maximum atomic E-state index is 12.2. The van der Waals surface area contributed by atoms with Gasteiger partial charge in [-0.15, -0.1) is 6.42 Å². The molecule has 0 fully saturated rings. The molecule has 0 saturated heterocycles. The highest BCUT2D eigenvalue weighted by atomic mass is 16.5. The van der Waals surface area contributed by atoms with Gasteiger partial charge < -0.3 is 19.8 Å².